The van der Waals surface area contributed by atoms with Gasteiger partial charge in [0.1, 0.15) is 34.8 Å². The number of imide groups is 1. The number of nitrogens with one attached hydrogen (secondary N) is 2. The number of hydrogen-bond acceptors (Lipinski definition) is 14. The summed E-state index contributed by atoms with van der Waals surface area (Å²) in [5.41, 5.74) is 4.50. The van der Waals surface area contributed by atoms with Gasteiger partial charge in [-0.3, -0.25) is 34.3 Å². The highest BCUT2D eigenvalue weighted by Gasteiger charge is 2.38. The van der Waals surface area contributed by atoms with Gasteiger partial charge in [0, 0.05) is 100 Å². The minimum Gasteiger partial charge on any atom is -0.389 e. The van der Waals surface area contributed by atoms with Crippen LogP contribution in [-0.4, -0.2) is 131 Å². The van der Waals surface area contributed by atoms with Gasteiger partial charge in [0.15, 0.2) is 0 Å². The maximum Gasteiger partial charge on any atom is 0.249 e. The number of nitrogens with zero attached hydrogens (tertiary/aromatic N) is 12. The molecule has 10 rings (SSSR count). The van der Waals surface area contributed by atoms with Crippen LogP contribution in [-0.2, 0) is 14.4 Å². The molecule has 3 amide bonds. The number of benzene rings is 1. The van der Waals surface area contributed by atoms with Crippen LogP contribution in [0.5, 0.6) is 0 Å². The summed E-state index contributed by atoms with van der Waals surface area (Å²) in [7, 11) is 0. The number of carbonyl (C=O) groups excluding carboxylic acids is 3. The van der Waals surface area contributed by atoms with Crippen LogP contribution in [0.25, 0.3) is 28.0 Å². The van der Waals surface area contributed by atoms with Crippen molar-refractivity contribution in [3.05, 3.63) is 103 Å². The van der Waals surface area contributed by atoms with E-state index in [2.05, 4.69) is 49.6 Å². The molecule has 6 aromatic rings. The molecule has 19 heteroatoms. The fraction of sp³-hybridized carbons (Fsp3) is 0.408. The third-order valence-corrected chi connectivity index (χ3v) is 14.1. The number of aliphatic hydroxyl groups is 1. The Morgan fingerprint density at radius 3 is 2.44 bits per heavy atom. The highest BCUT2D eigenvalue weighted by molar-refractivity contribution is 6.01. The molecule has 18 nitrogen and oxygen atoms in total. The smallest absolute Gasteiger partial charge is 0.249 e. The number of amides is 3. The van der Waals surface area contributed by atoms with E-state index in [1.165, 1.54) is 6.07 Å². The molecule has 2 unspecified atom stereocenters. The highest BCUT2D eigenvalue weighted by atomic mass is 19.1. The highest BCUT2D eigenvalue weighted by Crippen LogP contribution is 2.35. The van der Waals surface area contributed by atoms with Crippen LogP contribution in [0.2, 0.25) is 0 Å². The molecule has 4 fully saturated rings. The van der Waals surface area contributed by atoms with E-state index in [0.717, 1.165) is 48.8 Å². The quantitative estimate of drug-likeness (QED) is 0.150. The number of likely N-dealkylation sites (tertiary alicyclic amines) is 1. The number of fused-ring (bicyclic) bond motifs is 1. The number of piperidine rings is 3. The van der Waals surface area contributed by atoms with Crippen LogP contribution in [0, 0.1) is 17.1 Å². The summed E-state index contributed by atoms with van der Waals surface area (Å²) in [5, 5.41) is 36.1. The number of pyridine rings is 2. The predicted octanol–water partition coefficient (Wildman–Crippen LogP) is 4.75. The average Bonchev–Trinajstić information content (AvgIpc) is 4.04. The lowest BCUT2D eigenvalue weighted by Gasteiger charge is -2.40. The molecule has 4 aliphatic rings. The predicted molar refractivity (Wildman–Crippen MR) is 251 cm³/mol. The number of piperazine rings is 1. The summed E-state index contributed by atoms with van der Waals surface area (Å²) in [5.74, 6) is -0.427. The third-order valence-electron chi connectivity index (χ3n) is 14.1. The third kappa shape index (κ3) is 9.21. The molecule has 5 aromatic heterocycles. The van der Waals surface area contributed by atoms with E-state index in [4.69, 9.17) is 15.1 Å². The van der Waals surface area contributed by atoms with Crippen molar-refractivity contribution in [2.75, 3.05) is 67.5 Å². The Hall–Kier alpha value is -7.30. The molecule has 0 aliphatic carbocycles. The van der Waals surface area contributed by atoms with Gasteiger partial charge in [-0.2, -0.15) is 15.5 Å². The van der Waals surface area contributed by atoms with Crippen molar-refractivity contribution in [3.8, 4) is 28.6 Å². The molecular formula is C49H53FN14O4. The number of rotatable bonds is 11. The lowest BCUT2D eigenvalue weighted by molar-refractivity contribution is -0.139. The van der Waals surface area contributed by atoms with E-state index < -0.39 is 23.4 Å². The van der Waals surface area contributed by atoms with E-state index in [1.807, 2.05) is 57.3 Å². The van der Waals surface area contributed by atoms with Crippen LogP contribution < -0.4 is 20.4 Å². The van der Waals surface area contributed by atoms with Gasteiger partial charge in [0.25, 0.3) is 0 Å². The van der Waals surface area contributed by atoms with Gasteiger partial charge in [-0.25, -0.2) is 18.9 Å². The molecule has 1 aromatic carbocycles. The molecule has 0 radical (unpaired) electrons. The second kappa shape index (κ2) is 18.8. The van der Waals surface area contributed by atoms with E-state index >= 15 is 4.39 Å². The number of halogens is 1. The number of anilines is 3. The fourth-order valence-electron chi connectivity index (χ4n) is 9.97. The first-order valence-electron chi connectivity index (χ1n) is 23.3. The van der Waals surface area contributed by atoms with Crippen LogP contribution in [0.1, 0.15) is 75.2 Å². The first kappa shape index (κ1) is 44.5. The maximum atomic E-state index is 15.3. The molecule has 68 heavy (non-hydrogen) atoms. The summed E-state index contributed by atoms with van der Waals surface area (Å²) < 4.78 is 18.9. The van der Waals surface area contributed by atoms with E-state index in [0.29, 0.717) is 92.1 Å². The minimum atomic E-state index is -1.20. The average molecular weight is 921 g/mol. The SMILES string of the molecule is CC(c1ccccn1)N1CCN(c2ccc(-c3nc(-c4cnn(C5CCN(C(=O)CC6(O)CCN(c7ccc(NC8CCC(=O)NC8=O)cc7F)CC6)CC5)c4)cn4ncc(C#N)c34)cn2)CC1. The topological polar surface area (TPSA) is 206 Å². The Kier molecular flexibility index (Phi) is 12.3. The van der Waals surface area contributed by atoms with Crippen LogP contribution in [0.15, 0.2) is 85.7 Å². The van der Waals surface area contributed by atoms with Crippen LogP contribution in [0.4, 0.5) is 21.6 Å². The summed E-state index contributed by atoms with van der Waals surface area (Å²) in [6, 6.07) is 16.7. The first-order chi connectivity index (χ1) is 33.0. The Bertz CT molecular complexity index is 2860. The van der Waals surface area contributed by atoms with Crippen molar-refractivity contribution in [1.82, 2.24) is 49.5 Å². The van der Waals surface area contributed by atoms with Gasteiger partial charge in [-0.05, 0) is 81.5 Å². The first-order valence-corrected chi connectivity index (χ1v) is 23.3. The van der Waals surface area contributed by atoms with Crippen molar-refractivity contribution < 1.29 is 23.9 Å². The molecular weight excluding hydrogens is 868 g/mol. The second-order valence-electron chi connectivity index (χ2n) is 18.3. The Balaban J connectivity index is 0.739. The van der Waals surface area contributed by atoms with E-state index in [-0.39, 0.29) is 36.7 Å². The minimum absolute atomic E-state index is 0.00594. The number of carbonyl (C=O) groups is 3. The Morgan fingerprint density at radius 1 is 0.926 bits per heavy atom. The van der Waals surface area contributed by atoms with Gasteiger partial charge >= 0.3 is 0 Å². The van der Waals surface area contributed by atoms with Crippen LogP contribution in [0.3, 0.4) is 0 Å². The zero-order valence-corrected chi connectivity index (χ0v) is 37.8. The maximum absolute atomic E-state index is 15.3. The van der Waals surface area contributed by atoms with E-state index in [1.54, 1.807) is 35.2 Å². The van der Waals surface area contributed by atoms with Crippen molar-refractivity contribution >= 4 is 40.4 Å². The molecule has 4 aliphatic heterocycles. The molecule has 2 atom stereocenters. The summed E-state index contributed by atoms with van der Waals surface area (Å²) in [6.45, 7) is 7.45. The largest absolute Gasteiger partial charge is 0.389 e. The lowest BCUT2D eigenvalue weighted by Crippen LogP contribution is -2.49. The van der Waals surface area contributed by atoms with Gasteiger partial charge in [-0.1, -0.05) is 6.07 Å². The fourth-order valence-corrected chi connectivity index (χ4v) is 9.97. The number of nitriles is 1. The molecule has 0 bridgehead atoms. The van der Waals surface area contributed by atoms with Crippen molar-refractivity contribution in [2.24, 2.45) is 0 Å². The molecule has 4 saturated heterocycles. The monoisotopic (exact) mass is 920 g/mol. The van der Waals surface area contributed by atoms with Crippen LogP contribution >= 0.6 is 0 Å². The van der Waals surface area contributed by atoms with Gasteiger partial charge in [0.05, 0.1) is 59.4 Å². The second-order valence-corrected chi connectivity index (χ2v) is 18.3. The molecule has 0 saturated carbocycles. The van der Waals surface area contributed by atoms with Gasteiger partial charge in [-0.15, -0.1) is 0 Å². The molecule has 0 spiro atoms. The summed E-state index contributed by atoms with van der Waals surface area (Å²) >= 11 is 0. The number of hydrogen-bond donors (Lipinski definition) is 3. The van der Waals surface area contributed by atoms with Crippen molar-refractivity contribution in [2.45, 2.75) is 75.6 Å². The van der Waals surface area contributed by atoms with Crippen molar-refractivity contribution in [1.29, 1.82) is 5.26 Å². The van der Waals surface area contributed by atoms with Gasteiger partial charge in [0.2, 0.25) is 17.7 Å². The zero-order valence-electron chi connectivity index (χ0n) is 37.8. The lowest BCUT2D eigenvalue weighted by atomic mass is 9.87. The Labute approximate surface area is 392 Å². The Morgan fingerprint density at radius 2 is 1.74 bits per heavy atom. The van der Waals surface area contributed by atoms with E-state index in [9.17, 15) is 24.8 Å². The summed E-state index contributed by atoms with van der Waals surface area (Å²) in [4.78, 5) is 60.1. The number of aromatic nitrogens is 7. The molecule has 9 heterocycles. The van der Waals surface area contributed by atoms with Gasteiger partial charge < -0.3 is 25.1 Å². The summed E-state index contributed by atoms with van der Waals surface area (Å²) in [6.07, 6.45) is 13.3. The van der Waals surface area contributed by atoms with Crippen molar-refractivity contribution in [3.63, 3.8) is 0 Å². The standard InChI is InChI=1S/C49H53FN14O4/c1-32(39-4-2-3-15-52-39)59-20-22-61(23-21-59)43-9-5-33(27-53-43)46-47-34(26-51)28-55-64(47)31-41(57-46)35-29-54-63(30-35)37-11-16-62(17-12-37)45(66)25-49(68)13-18-60(19-14-49)42-8-6-36(24-38(42)50)56-40-7-10-44(65)58-48(40)67/h2-6,8-9,15,24,27-32,37,40,56,68H,7,10-14,16-23,25H2,1H3,(H,58,65,67). The molecule has 3 N–H and O–H groups in total. The normalized spacial score (nSPS) is 19.7. The molecule has 350 valence electrons. The zero-order chi connectivity index (χ0) is 46.9.